The summed E-state index contributed by atoms with van der Waals surface area (Å²) >= 11 is 0. The van der Waals surface area contributed by atoms with Crippen LogP contribution in [0.1, 0.15) is 28.3 Å². The number of methoxy groups -OCH3 is 2. The Morgan fingerprint density at radius 2 is 1.14 bits per heavy atom. The van der Waals surface area contributed by atoms with Gasteiger partial charge in [-0.25, -0.2) is 9.97 Å². The first kappa shape index (κ1) is 45.5. The number of hydrogen-bond acceptors (Lipinski definition) is 10. The van der Waals surface area contributed by atoms with Crippen LogP contribution in [0.4, 0.5) is 47.6 Å². The van der Waals surface area contributed by atoms with Crippen LogP contribution in [0.2, 0.25) is 0 Å². The van der Waals surface area contributed by atoms with Gasteiger partial charge < -0.3 is 49.5 Å². The SMILES string of the molecule is COc1ccnc2c1N(C)[CH-]N2c1[c-]ccc(C(F)(F)F)c1.COc1ccnc2c1N(C)[CH-]N2c1[c-]cccc1.Cc1cc(C)[n-]n1.Cc1cc(C)[n-]n1.[Pt].[Pt]. The third-order valence-electron chi connectivity index (χ3n) is 7.81. The van der Waals surface area contributed by atoms with Gasteiger partial charge in [0.1, 0.15) is 23.1 Å². The Kier molecular flexibility index (Phi) is 16.5. The summed E-state index contributed by atoms with van der Waals surface area (Å²) in [5.74, 6) is 2.77. The predicted octanol–water partition coefficient (Wildman–Crippen LogP) is 7.52. The van der Waals surface area contributed by atoms with Crippen LogP contribution >= 0.6 is 0 Å². The molecule has 0 N–H and O–H groups in total. The summed E-state index contributed by atoms with van der Waals surface area (Å²) < 4.78 is 49.2. The largest absolute Gasteiger partial charge is 0.579 e. The fourth-order valence-corrected chi connectivity index (χ4v) is 5.46. The Hall–Kier alpha value is -4.87. The zero-order chi connectivity index (χ0) is 39.0. The maximum atomic E-state index is 12.9. The Morgan fingerprint density at radius 1 is 0.661 bits per heavy atom. The molecule has 8 rings (SSSR count). The van der Waals surface area contributed by atoms with Crippen molar-refractivity contribution in [3.63, 3.8) is 0 Å². The van der Waals surface area contributed by atoms with Crippen molar-refractivity contribution < 1.29 is 64.8 Å². The number of ether oxygens (including phenoxy) is 2. The maximum Gasteiger partial charge on any atom is 0.394 e. The van der Waals surface area contributed by atoms with E-state index in [4.69, 9.17) is 9.47 Å². The van der Waals surface area contributed by atoms with Crippen LogP contribution in [0.5, 0.6) is 11.5 Å². The van der Waals surface area contributed by atoms with Crippen molar-refractivity contribution in [2.75, 3.05) is 47.9 Å². The molecule has 0 unspecified atom stereocenters. The van der Waals surface area contributed by atoms with Gasteiger partial charge in [0.25, 0.3) is 0 Å². The summed E-state index contributed by atoms with van der Waals surface area (Å²) in [6, 6.07) is 24.6. The Labute approximate surface area is 354 Å². The van der Waals surface area contributed by atoms with Gasteiger partial charge in [0.2, 0.25) is 0 Å². The van der Waals surface area contributed by atoms with Crippen molar-refractivity contribution in [3.05, 3.63) is 133 Å². The Balaban J connectivity index is 0.000000220. The molecule has 6 aromatic rings. The number of hydrogen-bond donors (Lipinski definition) is 0. The molecule has 2 aromatic carbocycles. The van der Waals surface area contributed by atoms with E-state index in [9.17, 15) is 13.2 Å². The molecule has 56 heavy (non-hydrogen) atoms. The molecule has 2 aliphatic rings. The van der Waals surface area contributed by atoms with Crippen LogP contribution in [0.15, 0.2) is 79.1 Å². The predicted molar refractivity (Wildman–Crippen MR) is 201 cm³/mol. The first-order valence-corrected chi connectivity index (χ1v) is 16.5. The van der Waals surface area contributed by atoms with Gasteiger partial charge >= 0.3 is 6.18 Å². The van der Waals surface area contributed by atoms with Crippen molar-refractivity contribution >= 4 is 34.4 Å². The second-order valence-electron chi connectivity index (χ2n) is 12.0. The molecule has 0 saturated heterocycles. The van der Waals surface area contributed by atoms with Crippen molar-refractivity contribution in [2.45, 2.75) is 33.9 Å². The van der Waals surface area contributed by atoms with Gasteiger partial charge in [0.15, 0.2) is 0 Å². The van der Waals surface area contributed by atoms with Gasteiger partial charge in [-0.15, -0.1) is 28.8 Å². The summed E-state index contributed by atoms with van der Waals surface area (Å²) in [6.45, 7) is 11.3. The van der Waals surface area contributed by atoms with Gasteiger partial charge in [0, 0.05) is 78.0 Å². The van der Waals surface area contributed by atoms with Crippen molar-refractivity contribution in [3.8, 4) is 11.5 Å². The van der Waals surface area contributed by atoms with Crippen molar-refractivity contribution in [2.24, 2.45) is 0 Å². The average molecular weight is 1130 g/mol. The molecule has 0 bridgehead atoms. The molecule has 12 nitrogen and oxygen atoms in total. The molecule has 0 spiro atoms. The zero-order valence-electron chi connectivity index (χ0n) is 31.7. The number of rotatable bonds is 4. The number of para-hydroxylation sites is 1. The summed E-state index contributed by atoms with van der Waals surface area (Å²) in [5, 5.41) is 15.1. The van der Waals surface area contributed by atoms with Crippen LogP contribution in [-0.4, -0.2) is 48.5 Å². The second kappa shape index (κ2) is 20.3. The minimum absolute atomic E-state index is 0. The van der Waals surface area contributed by atoms with Crippen LogP contribution in [0.3, 0.4) is 0 Å². The van der Waals surface area contributed by atoms with Gasteiger partial charge in [0.05, 0.1) is 25.6 Å². The van der Waals surface area contributed by atoms with Gasteiger partial charge in [-0.2, -0.15) is 75.0 Å². The van der Waals surface area contributed by atoms with Gasteiger partial charge in [-0.3, -0.25) is 0 Å². The number of halogens is 3. The first-order chi connectivity index (χ1) is 25.8. The van der Waals surface area contributed by atoms with Crippen molar-refractivity contribution in [1.29, 1.82) is 0 Å². The van der Waals surface area contributed by atoms with E-state index >= 15 is 0 Å². The number of fused-ring (bicyclic) bond motifs is 2. The maximum absolute atomic E-state index is 12.9. The summed E-state index contributed by atoms with van der Waals surface area (Å²) in [5.41, 5.74) is 6.15. The standard InChI is InChI=1S/C15H12F3N3O.C14H13N3O.2C5H7N2.2Pt/c1-20-9-21(14-13(20)12(22-2)6-7-19-14)11-5-3-4-10(8-11)15(16,17)18;1-16-10-17(11-6-4-3-5-7-11)14-13(16)12(18-2)8-9-15-14;2*1-4-3-5(2)7-6-4;;/h3-4,6-9H,1-2H3;3-6,8-10H,1-2H3;2*3H,1-2H3;;/q2*-2;2*-1;;. The smallest absolute Gasteiger partial charge is 0.394 e. The first-order valence-electron chi connectivity index (χ1n) is 16.5. The van der Waals surface area contributed by atoms with E-state index < -0.39 is 11.7 Å². The number of nitrogens with zero attached hydrogens (tertiary/aromatic N) is 10. The fourth-order valence-electron chi connectivity index (χ4n) is 5.46. The molecule has 0 radical (unpaired) electrons. The third kappa shape index (κ3) is 11.1. The van der Waals surface area contributed by atoms with E-state index in [0.29, 0.717) is 17.3 Å². The molecule has 304 valence electrons. The Morgan fingerprint density at radius 3 is 1.52 bits per heavy atom. The fraction of sp³-hybridized carbons (Fsp3) is 0.231. The minimum Gasteiger partial charge on any atom is -0.579 e. The van der Waals surface area contributed by atoms with Crippen LogP contribution in [0.25, 0.3) is 0 Å². The van der Waals surface area contributed by atoms with Crippen LogP contribution < -0.4 is 39.3 Å². The number of anilines is 6. The zero-order valence-corrected chi connectivity index (χ0v) is 36.3. The molecule has 0 amide bonds. The number of aromatic nitrogens is 6. The monoisotopic (exact) mass is 1130 g/mol. The Bertz CT molecular complexity index is 2060. The minimum atomic E-state index is -4.40. The van der Waals surface area contributed by atoms with E-state index in [2.05, 4.69) is 42.5 Å². The van der Waals surface area contributed by atoms with E-state index in [1.807, 2.05) is 93.7 Å². The molecule has 0 atom stereocenters. The number of alkyl halides is 3. The number of aryl methyl sites for hydroxylation is 4. The summed E-state index contributed by atoms with van der Waals surface area (Å²) in [6.07, 6.45) is -1.11. The van der Waals surface area contributed by atoms with Gasteiger partial charge in [-0.1, -0.05) is 31.5 Å². The average Bonchev–Trinajstić information content (AvgIpc) is 3.94. The molecule has 6 heterocycles. The van der Waals surface area contributed by atoms with E-state index in [1.54, 1.807) is 49.1 Å². The third-order valence-corrected chi connectivity index (χ3v) is 7.81. The topological polar surface area (TPSA) is 111 Å². The quantitative estimate of drug-likeness (QED) is 0.163. The van der Waals surface area contributed by atoms with E-state index in [1.165, 1.54) is 13.2 Å². The van der Waals surface area contributed by atoms with Gasteiger partial charge in [-0.05, 0) is 27.9 Å². The number of benzene rings is 2. The van der Waals surface area contributed by atoms with Crippen molar-refractivity contribution in [1.82, 2.24) is 30.4 Å². The van der Waals surface area contributed by atoms with Crippen LogP contribution in [-0.2, 0) is 48.3 Å². The number of pyridine rings is 2. The molecular weight excluding hydrogens is 1090 g/mol. The van der Waals surface area contributed by atoms with E-state index in [-0.39, 0.29) is 47.8 Å². The summed E-state index contributed by atoms with van der Waals surface area (Å²) in [7, 11) is 6.95. The van der Waals surface area contributed by atoms with E-state index in [0.717, 1.165) is 57.9 Å². The molecule has 0 saturated carbocycles. The molecule has 2 aliphatic heterocycles. The normalized spacial score (nSPS) is 12.3. The summed E-state index contributed by atoms with van der Waals surface area (Å²) in [4.78, 5) is 16.0. The molecule has 0 aliphatic carbocycles. The van der Waals surface area contributed by atoms with Crippen LogP contribution in [0, 0.1) is 53.2 Å². The molecule has 4 aromatic heterocycles. The molecule has 0 fully saturated rings. The molecular formula is C39H39F3N10O2Pt2-6. The second-order valence-corrected chi connectivity index (χ2v) is 12.0. The molecule has 17 heteroatoms.